The average molecular weight is 473 g/mol. The number of thiophene rings is 1. The van der Waals surface area contributed by atoms with Crippen LogP contribution in [-0.4, -0.2) is 41.9 Å². The molecule has 2 fully saturated rings. The van der Waals surface area contributed by atoms with Crippen molar-refractivity contribution < 1.29 is 18.0 Å². The lowest BCUT2D eigenvalue weighted by molar-refractivity contribution is -0.139. The number of carbonyl (C=O) groups is 1. The van der Waals surface area contributed by atoms with Gasteiger partial charge < -0.3 is 4.90 Å². The Morgan fingerprint density at radius 2 is 1.82 bits per heavy atom. The summed E-state index contributed by atoms with van der Waals surface area (Å²) >= 11 is 5.17. The zero-order valence-electron chi connectivity index (χ0n) is 15.1. The number of halogens is 4. The molecule has 2 aromatic rings. The molecule has 4 rings (SSSR count). The van der Waals surface area contributed by atoms with E-state index in [1.54, 1.807) is 17.4 Å². The summed E-state index contributed by atoms with van der Waals surface area (Å²) in [7, 11) is 0. The van der Waals surface area contributed by atoms with Gasteiger partial charge in [-0.15, -0.1) is 11.3 Å². The van der Waals surface area contributed by atoms with Crippen molar-refractivity contribution in [2.24, 2.45) is 5.92 Å². The molecule has 0 N–H and O–H groups in total. The Morgan fingerprint density at radius 1 is 1.11 bits per heavy atom. The SMILES string of the molecule is O=C(C1CC1c1ccccc1C(F)(F)F)N1CCN(Cc2ccc(Br)s2)CC1. The van der Waals surface area contributed by atoms with E-state index in [1.807, 2.05) is 11.0 Å². The van der Waals surface area contributed by atoms with E-state index in [-0.39, 0.29) is 23.3 Å². The van der Waals surface area contributed by atoms with E-state index in [0.717, 1.165) is 29.5 Å². The molecule has 1 aliphatic heterocycles. The molecule has 2 atom stereocenters. The van der Waals surface area contributed by atoms with Crippen LogP contribution in [0.2, 0.25) is 0 Å². The second-order valence-electron chi connectivity index (χ2n) is 7.34. The fourth-order valence-corrected chi connectivity index (χ4v) is 5.43. The van der Waals surface area contributed by atoms with Crippen molar-refractivity contribution in [1.29, 1.82) is 0 Å². The van der Waals surface area contributed by atoms with Crippen LogP contribution < -0.4 is 0 Å². The van der Waals surface area contributed by atoms with Crippen molar-refractivity contribution in [3.63, 3.8) is 0 Å². The lowest BCUT2D eigenvalue weighted by Crippen LogP contribution is -2.48. The van der Waals surface area contributed by atoms with Gasteiger partial charge in [-0.25, -0.2) is 0 Å². The van der Waals surface area contributed by atoms with E-state index < -0.39 is 11.7 Å². The first-order valence-corrected chi connectivity index (χ1v) is 10.9. The maximum Gasteiger partial charge on any atom is 0.416 e. The van der Waals surface area contributed by atoms with Gasteiger partial charge in [0.2, 0.25) is 5.91 Å². The van der Waals surface area contributed by atoms with E-state index in [9.17, 15) is 18.0 Å². The van der Waals surface area contributed by atoms with Crippen LogP contribution >= 0.6 is 27.3 Å². The minimum absolute atomic E-state index is 0.000459. The number of hydrogen-bond donors (Lipinski definition) is 0. The number of rotatable bonds is 4. The molecule has 1 aliphatic carbocycles. The summed E-state index contributed by atoms with van der Waals surface area (Å²) in [6, 6.07) is 9.77. The zero-order chi connectivity index (χ0) is 19.9. The van der Waals surface area contributed by atoms with Gasteiger partial charge >= 0.3 is 6.18 Å². The Balaban J connectivity index is 1.34. The predicted octanol–water partition coefficient (Wildman–Crippen LogP) is 4.98. The Hall–Kier alpha value is -1.38. The molecule has 0 radical (unpaired) electrons. The molecule has 2 heterocycles. The molecule has 1 amide bonds. The van der Waals surface area contributed by atoms with Gasteiger partial charge in [-0.2, -0.15) is 13.2 Å². The van der Waals surface area contributed by atoms with Crippen LogP contribution in [0.3, 0.4) is 0 Å². The number of piperazine rings is 1. The summed E-state index contributed by atoms with van der Waals surface area (Å²) in [6.45, 7) is 3.71. The predicted molar refractivity (Wildman–Crippen MR) is 106 cm³/mol. The van der Waals surface area contributed by atoms with Gasteiger partial charge in [-0.3, -0.25) is 9.69 Å². The summed E-state index contributed by atoms with van der Waals surface area (Å²) in [5, 5.41) is 0. The number of nitrogens with zero attached hydrogens (tertiary/aromatic N) is 2. The first-order chi connectivity index (χ1) is 13.3. The normalized spacial score (nSPS) is 23.1. The topological polar surface area (TPSA) is 23.6 Å². The molecule has 0 spiro atoms. The first kappa shape index (κ1) is 19.9. The van der Waals surface area contributed by atoms with E-state index in [0.29, 0.717) is 19.5 Å². The number of amides is 1. The van der Waals surface area contributed by atoms with E-state index in [4.69, 9.17) is 0 Å². The standard InChI is InChI=1S/C20H20BrF3N2OS/c21-18-6-5-13(28-18)12-25-7-9-26(10-8-25)19(27)16-11-15(16)14-3-1-2-4-17(14)20(22,23)24/h1-6,15-16H,7-12H2. The summed E-state index contributed by atoms with van der Waals surface area (Å²) in [5.74, 6) is -0.629. The highest BCUT2D eigenvalue weighted by molar-refractivity contribution is 9.11. The molecule has 1 saturated heterocycles. The molecular formula is C20H20BrF3N2OS. The van der Waals surface area contributed by atoms with Crippen molar-refractivity contribution in [3.05, 3.63) is 56.2 Å². The lowest BCUT2D eigenvalue weighted by atomic mass is 10.0. The quantitative estimate of drug-likeness (QED) is 0.626. The van der Waals surface area contributed by atoms with Gasteiger partial charge in [-0.1, -0.05) is 18.2 Å². The van der Waals surface area contributed by atoms with Crippen LogP contribution in [0, 0.1) is 5.92 Å². The Morgan fingerprint density at radius 3 is 2.46 bits per heavy atom. The van der Waals surface area contributed by atoms with Gasteiger partial charge in [0.15, 0.2) is 0 Å². The lowest BCUT2D eigenvalue weighted by Gasteiger charge is -2.34. The van der Waals surface area contributed by atoms with Gasteiger partial charge in [0.05, 0.1) is 9.35 Å². The number of benzene rings is 1. The molecule has 1 aromatic carbocycles. The van der Waals surface area contributed by atoms with Crippen LogP contribution in [0.25, 0.3) is 0 Å². The van der Waals surface area contributed by atoms with Crippen molar-refractivity contribution >= 4 is 33.2 Å². The molecular weight excluding hydrogens is 453 g/mol. The number of carbonyl (C=O) groups excluding carboxylic acids is 1. The highest BCUT2D eigenvalue weighted by Crippen LogP contribution is 2.51. The van der Waals surface area contributed by atoms with Crippen LogP contribution in [-0.2, 0) is 17.5 Å². The minimum atomic E-state index is -4.38. The van der Waals surface area contributed by atoms with Crippen molar-refractivity contribution in [2.45, 2.75) is 25.1 Å². The Labute approximate surface area is 174 Å². The van der Waals surface area contributed by atoms with Crippen LogP contribution in [0.5, 0.6) is 0 Å². The maximum atomic E-state index is 13.2. The van der Waals surface area contributed by atoms with Gasteiger partial charge in [0.25, 0.3) is 0 Å². The second kappa shape index (κ2) is 7.80. The van der Waals surface area contributed by atoms with E-state index in [2.05, 4.69) is 26.9 Å². The third-order valence-corrected chi connectivity index (χ3v) is 7.07. The van der Waals surface area contributed by atoms with E-state index in [1.165, 1.54) is 17.0 Å². The molecule has 1 saturated carbocycles. The largest absolute Gasteiger partial charge is 0.416 e. The minimum Gasteiger partial charge on any atom is -0.340 e. The smallest absolute Gasteiger partial charge is 0.340 e. The summed E-state index contributed by atoms with van der Waals surface area (Å²) < 4.78 is 40.8. The van der Waals surface area contributed by atoms with Crippen LogP contribution in [0.4, 0.5) is 13.2 Å². The highest BCUT2D eigenvalue weighted by atomic mass is 79.9. The fraction of sp³-hybridized carbons (Fsp3) is 0.450. The maximum absolute atomic E-state index is 13.2. The Kier molecular flexibility index (Phi) is 5.55. The average Bonchev–Trinajstić information content (AvgIpc) is 3.37. The summed E-state index contributed by atoms with van der Waals surface area (Å²) in [6.07, 6.45) is -3.87. The molecule has 150 valence electrons. The highest BCUT2D eigenvalue weighted by Gasteiger charge is 2.49. The monoisotopic (exact) mass is 472 g/mol. The molecule has 2 unspecified atom stereocenters. The molecule has 28 heavy (non-hydrogen) atoms. The summed E-state index contributed by atoms with van der Waals surface area (Å²) in [4.78, 5) is 18.2. The van der Waals surface area contributed by atoms with Crippen molar-refractivity contribution in [2.75, 3.05) is 26.2 Å². The van der Waals surface area contributed by atoms with Gasteiger partial charge in [0.1, 0.15) is 0 Å². The Bertz CT molecular complexity index is 861. The second-order valence-corrected chi connectivity index (χ2v) is 9.89. The number of alkyl halides is 3. The van der Waals surface area contributed by atoms with Gasteiger partial charge in [0, 0.05) is 43.5 Å². The molecule has 1 aromatic heterocycles. The van der Waals surface area contributed by atoms with E-state index >= 15 is 0 Å². The molecule has 2 aliphatic rings. The number of hydrogen-bond acceptors (Lipinski definition) is 3. The van der Waals surface area contributed by atoms with Crippen LogP contribution in [0.1, 0.15) is 28.3 Å². The fourth-order valence-electron chi connectivity index (χ4n) is 3.91. The summed E-state index contributed by atoms with van der Waals surface area (Å²) in [5.41, 5.74) is -0.350. The van der Waals surface area contributed by atoms with Gasteiger partial charge in [-0.05, 0) is 52.0 Å². The molecule has 8 heteroatoms. The van der Waals surface area contributed by atoms with Crippen LogP contribution in [0.15, 0.2) is 40.2 Å². The molecule has 3 nitrogen and oxygen atoms in total. The third kappa shape index (κ3) is 4.28. The molecule has 0 bridgehead atoms. The van der Waals surface area contributed by atoms with Crippen molar-refractivity contribution in [3.8, 4) is 0 Å². The van der Waals surface area contributed by atoms with Crippen molar-refractivity contribution in [1.82, 2.24) is 9.80 Å². The third-order valence-electron chi connectivity index (χ3n) is 5.47. The first-order valence-electron chi connectivity index (χ1n) is 9.24. The zero-order valence-corrected chi connectivity index (χ0v) is 17.5.